The zero-order valence-electron chi connectivity index (χ0n) is 14.9. The van der Waals surface area contributed by atoms with Crippen molar-refractivity contribution in [1.29, 1.82) is 0 Å². The quantitative estimate of drug-likeness (QED) is 0.490. The second-order valence-corrected chi connectivity index (χ2v) is 9.29. The van der Waals surface area contributed by atoms with Crippen LogP contribution in [0.5, 0.6) is 0 Å². The zero-order chi connectivity index (χ0) is 16.5. The van der Waals surface area contributed by atoms with Gasteiger partial charge in [0, 0.05) is 9.75 Å². The van der Waals surface area contributed by atoms with Gasteiger partial charge in [0.05, 0.1) is 0 Å². The van der Waals surface area contributed by atoms with Gasteiger partial charge in [0.2, 0.25) is 0 Å². The lowest BCUT2D eigenvalue weighted by Gasteiger charge is -2.11. The normalized spacial score (nSPS) is 25.2. The molecule has 0 aromatic carbocycles. The minimum Gasteiger partial charge on any atom is -0.144 e. The van der Waals surface area contributed by atoms with Gasteiger partial charge in [-0.3, -0.25) is 0 Å². The fourth-order valence-corrected chi connectivity index (χ4v) is 6.75. The van der Waals surface area contributed by atoms with E-state index in [4.69, 9.17) is 0 Å². The van der Waals surface area contributed by atoms with Crippen LogP contribution >= 0.6 is 22.7 Å². The number of unbranched alkanes of at least 4 members (excludes halogenated alkanes) is 2. The molecule has 2 unspecified atom stereocenters. The minimum atomic E-state index is 0.784. The molecule has 0 N–H and O–H groups in total. The molecule has 0 bridgehead atoms. The van der Waals surface area contributed by atoms with Crippen LogP contribution in [0, 0.1) is 0 Å². The van der Waals surface area contributed by atoms with Crippen molar-refractivity contribution in [1.82, 2.24) is 0 Å². The molecule has 2 heterocycles. The van der Waals surface area contributed by atoms with Crippen LogP contribution in [0.15, 0.2) is 22.9 Å². The van der Waals surface area contributed by atoms with Gasteiger partial charge in [-0.25, -0.2) is 0 Å². The second kappa shape index (κ2) is 7.17. The molecule has 2 aromatic heterocycles. The maximum atomic E-state index is 2.41. The summed E-state index contributed by atoms with van der Waals surface area (Å²) >= 11 is 3.97. The van der Waals surface area contributed by atoms with Crippen molar-refractivity contribution in [3.63, 3.8) is 0 Å². The van der Waals surface area contributed by atoms with Gasteiger partial charge in [0.25, 0.3) is 0 Å². The van der Waals surface area contributed by atoms with E-state index < -0.39 is 0 Å². The van der Waals surface area contributed by atoms with Crippen LogP contribution in [0.4, 0.5) is 0 Å². The van der Waals surface area contributed by atoms with Crippen molar-refractivity contribution >= 4 is 33.8 Å². The van der Waals surface area contributed by atoms with E-state index in [1.807, 2.05) is 22.7 Å². The number of allylic oxidation sites excluding steroid dienone is 2. The highest BCUT2D eigenvalue weighted by Gasteiger charge is 2.35. The van der Waals surface area contributed by atoms with Gasteiger partial charge in [0.15, 0.2) is 0 Å². The van der Waals surface area contributed by atoms with Gasteiger partial charge in [-0.2, -0.15) is 0 Å². The van der Waals surface area contributed by atoms with Crippen LogP contribution in [0.25, 0.3) is 11.1 Å². The number of rotatable bonds is 6. The van der Waals surface area contributed by atoms with Gasteiger partial charge in [-0.1, -0.05) is 39.5 Å². The van der Waals surface area contributed by atoms with Gasteiger partial charge in [-0.15, -0.1) is 22.7 Å². The molecule has 0 nitrogen and oxygen atoms in total. The SMILES string of the molecule is CCCCC1C/C(=C2\CC(CCCC)c3ccsc32)c2sccc21. The molecule has 0 fully saturated rings. The summed E-state index contributed by atoms with van der Waals surface area (Å²) in [6, 6.07) is 4.82. The zero-order valence-corrected chi connectivity index (χ0v) is 16.6. The first-order valence-corrected chi connectivity index (χ1v) is 11.5. The third kappa shape index (κ3) is 2.82. The van der Waals surface area contributed by atoms with Gasteiger partial charge >= 0.3 is 0 Å². The number of thiophene rings is 2. The van der Waals surface area contributed by atoms with Crippen molar-refractivity contribution in [2.45, 2.75) is 77.0 Å². The molecule has 2 aromatic rings. The van der Waals surface area contributed by atoms with Crippen molar-refractivity contribution in [2.24, 2.45) is 0 Å². The summed E-state index contributed by atoms with van der Waals surface area (Å²) in [6.07, 6.45) is 10.7. The van der Waals surface area contributed by atoms with Crippen molar-refractivity contribution in [2.75, 3.05) is 0 Å². The number of hydrogen-bond donors (Lipinski definition) is 0. The molecule has 128 valence electrons. The Kier molecular flexibility index (Phi) is 4.96. The van der Waals surface area contributed by atoms with Crippen LogP contribution < -0.4 is 0 Å². The van der Waals surface area contributed by atoms with E-state index >= 15 is 0 Å². The van der Waals surface area contributed by atoms with Gasteiger partial charge in [0.1, 0.15) is 0 Å². The Morgan fingerprint density at radius 1 is 0.792 bits per heavy atom. The predicted octanol–water partition coefficient (Wildman–Crippen LogP) is 8.08. The molecule has 0 aliphatic heterocycles. The highest BCUT2D eigenvalue weighted by atomic mass is 32.1. The van der Waals surface area contributed by atoms with E-state index in [0.29, 0.717) is 0 Å². The van der Waals surface area contributed by atoms with Crippen molar-refractivity contribution < 1.29 is 0 Å². The van der Waals surface area contributed by atoms with Crippen LogP contribution in [0.1, 0.15) is 97.9 Å². The Balaban J connectivity index is 1.68. The summed E-state index contributed by atoms with van der Waals surface area (Å²) in [5.74, 6) is 1.57. The summed E-state index contributed by atoms with van der Waals surface area (Å²) in [7, 11) is 0. The van der Waals surface area contributed by atoms with Crippen LogP contribution in [0.2, 0.25) is 0 Å². The first kappa shape index (κ1) is 16.6. The lowest BCUT2D eigenvalue weighted by Crippen LogP contribution is -1.92. The Hall–Kier alpha value is -0.860. The van der Waals surface area contributed by atoms with Gasteiger partial charge < -0.3 is 0 Å². The second-order valence-electron chi connectivity index (χ2n) is 7.45. The van der Waals surface area contributed by atoms with E-state index in [2.05, 4.69) is 36.7 Å². The standard InChI is InChI=1S/C22H28S2/c1-3-5-7-15-13-19(21-17(15)9-11-23-21)20-14-16(8-6-4-2)18-10-12-24-22(18)20/h9-12,15-16H,3-8,13-14H2,1-2H3/b20-19-. The first-order valence-electron chi connectivity index (χ1n) is 9.71. The third-order valence-electron chi connectivity index (χ3n) is 5.90. The Morgan fingerprint density at radius 2 is 1.25 bits per heavy atom. The molecule has 2 heteroatoms. The Bertz CT molecular complexity index is 668. The van der Waals surface area contributed by atoms with E-state index in [-0.39, 0.29) is 0 Å². The van der Waals surface area contributed by atoms with Crippen LogP contribution in [-0.2, 0) is 0 Å². The lowest BCUT2D eigenvalue weighted by molar-refractivity contribution is 0.605. The molecule has 2 aliphatic rings. The highest BCUT2D eigenvalue weighted by Crippen LogP contribution is 2.55. The summed E-state index contributed by atoms with van der Waals surface area (Å²) in [4.78, 5) is 3.25. The fourth-order valence-electron chi connectivity index (χ4n) is 4.61. The smallest absolute Gasteiger partial charge is 0.0340 e. The van der Waals surface area contributed by atoms with Crippen molar-refractivity contribution in [3.05, 3.63) is 43.8 Å². The predicted molar refractivity (Wildman–Crippen MR) is 109 cm³/mol. The average Bonchev–Trinajstić information content (AvgIpc) is 3.33. The molecule has 24 heavy (non-hydrogen) atoms. The molecule has 0 radical (unpaired) electrons. The molecule has 0 amide bonds. The molecule has 2 atom stereocenters. The Morgan fingerprint density at radius 3 is 1.67 bits per heavy atom. The summed E-state index contributed by atoms with van der Waals surface area (Å²) in [6.45, 7) is 4.63. The lowest BCUT2D eigenvalue weighted by atomic mass is 9.94. The van der Waals surface area contributed by atoms with Crippen molar-refractivity contribution in [3.8, 4) is 0 Å². The van der Waals surface area contributed by atoms with Gasteiger partial charge in [-0.05, 0) is 82.7 Å². The average molecular weight is 357 g/mol. The van der Waals surface area contributed by atoms with Crippen LogP contribution in [-0.4, -0.2) is 0 Å². The minimum absolute atomic E-state index is 0.784. The maximum absolute atomic E-state index is 2.41. The number of fused-ring (bicyclic) bond motifs is 2. The first-order chi connectivity index (χ1) is 11.8. The maximum Gasteiger partial charge on any atom is 0.0340 e. The monoisotopic (exact) mass is 356 g/mol. The number of hydrogen-bond acceptors (Lipinski definition) is 2. The Labute approximate surface area is 154 Å². The highest BCUT2D eigenvalue weighted by molar-refractivity contribution is 7.12. The third-order valence-corrected chi connectivity index (χ3v) is 7.88. The van der Waals surface area contributed by atoms with E-state index in [0.717, 1.165) is 11.8 Å². The molecular formula is C22H28S2. The van der Waals surface area contributed by atoms with E-state index in [1.165, 1.54) is 51.4 Å². The fraction of sp³-hybridized carbons (Fsp3) is 0.545. The van der Waals surface area contributed by atoms with E-state index in [9.17, 15) is 0 Å². The molecular weight excluding hydrogens is 328 g/mol. The van der Waals surface area contributed by atoms with Crippen LogP contribution in [0.3, 0.4) is 0 Å². The summed E-state index contributed by atoms with van der Waals surface area (Å²) < 4.78 is 0. The summed E-state index contributed by atoms with van der Waals surface area (Å²) in [5, 5.41) is 4.64. The molecule has 0 spiro atoms. The largest absolute Gasteiger partial charge is 0.144 e. The summed E-state index contributed by atoms with van der Waals surface area (Å²) in [5.41, 5.74) is 6.74. The van der Waals surface area contributed by atoms with E-state index in [1.54, 1.807) is 32.0 Å². The molecule has 0 saturated carbocycles. The molecule has 4 rings (SSSR count). The topological polar surface area (TPSA) is 0 Å². The molecule has 2 aliphatic carbocycles. The molecule has 0 saturated heterocycles.